The second-order valence-corrected chi connectivity index (χ2v) is 5.94. The highest BCUT2D eigenvalue weighted by Crippen LogP contribution is 2.33. The maximum absolute atomic E-state index is 10.5. The van der Waals surface area contributed by atoms with Gasteiger partial charge in [-0.25, -0.2) is 0 Å². The van der Waals surface area contributed by atoms with Crippen LogP contribution in [0.3, 0.4) is 0 Å². The van der Waals surface area contributed by atoms with Gasteiger partial charge in [-0.3, -0.25) is 9.88 Å². The van der Waals surface area contributed by atoms with E-state index < -0.39 is 6.10 Å². The molecule has 2 atom stereocenters. The maximum Gasteiger partial charge on any atom is 0.0917 e. The van der Waals surface area contributed by atoms with Gasteiger partial charge >= 0.3 is 0 Å². The molecule has 3 nitrogen and oxygen atoms in total. The van der Waals surface area contributed by atoms with Crippen LogP contribution in [-0.4, -0.2) is 28.1 Å². The van der Waals surface area contributed by atoms with Gasteiger partial charge in [0.25, 0.3) is 0 Å². The molecule has 0 bridgehead atoms. The van der Waals surface area contributed by atoms with Crippen molar-refractivity contribution in [3.05, 3.63) is 64.9 Å². The molecular weight excluding hydrogens is 284 g/mol. The number of pyridine rings is 1. The molecule has 4 heteroatoms. The fourth-order valence-corrected chi connectivity index (χ4v) is 3.25. The molecule has 110 valence electrons. The third-order valence-electron chi connectivity index (χ3n) is 4.10. The second kappa shape index (κ2) is 6.56. The lowest BCUT2D eigenvalue weighted by molar-refractivity contribution is 0.106. The molecule has 0 saturated carbocycles. The summed E-state index contributed by atoms with van der Waals surface area (Å²) in [5.41, 5.74) is 2.16. The highest BCUT2D eigenvalue weighted by atomic mass is 35.5. The zero-order valence-corrected chi connectivity index (χ0v) is 12.6. The number of likely N-dealkylation sites (tertiary alicyclic amines) is 1. The minimum Gasteiger partial charge on any atom is -0.387 e. The Morgan fingerprint density at radius 2 is 2.10 bits per heavy atom. The molecule has 1 aromatic carbocycles. The molecule has 1 N–H and O–H groups in total. The molecule has 3 rings (SSSR count). The van der Waals surface area contributed by atoms with Crippen molar-refractivity contribution in [1.82, 2.24) is 9.88 Å². The smallest absolute Gasteiger partial charge is 0.0917 e. The van der Waals surface area contributed by atoms with E-state index >= 15 is 0 Å². The van der Waals surface area contributed by atoms with E-state index in [1.807, 2.05) is 36.7 Å². The van der Waals surface area contributed by atoms with Gasteiger partial charge in [0, 0.05) is 30.0 Å². The highest BCUT2D eigenvalue weighted by Gasteiger charge is 2.27. The number of aliphatic hydroxyl groups is 1. The number of aliphatic hydroxyl groups excluding tert-OH is 1. The summed E-state index contributed by atoms with van der Waals surface area (Å²) in [6, 6.07) is 12.0. The SMILES string of the molecule is OC(CN1CCCC1c1ccncc1)c1cccc(Cl)c1. The Kier molecular flexibility index (Phi) is 4.54. The Bertz CT molecular complexity index is 590. The monoisotopic (exact) mass is 302 g/mol. The van der Waals surface area contributed by atoms with Crippen molar-refractivity contribution < 1.29 is 5.11 Å². The molecule has 1 fully saturated rings. The minimum absolute atomic E-state index is 0.377. The first kappa shape index (κ1) is 14.5. The molecule has 0 radical (unpaired) electrons. The van der Waals surface area contributed by atoms with E-state index in [4.69, 9.17) is 11.6 Å². The Hall–Kier alpha value is -1.42. The average Bonchev–Trinajstić information content (AvgIpc) is 2.96. The fraction of sp³-hybridized carbons (Fsp3) is 0.353. The first-order chi connectivity index (χ1) is 10.2. The summed E-state index contributed by atoms with van der Waals surface area (Å²) >= 11 is 6.00. The quantitative estimate of drug-likeness (QED) is 0.937. The van der Waals surface area contributed by atoms with Gasteiger partial charge in [-0.2, -0.15) is 0 Å². The summed E-state index contributed by atoms with van der Waals surface area (Å²) in [5.74, 6) is 0. The van der Waals surface area contributed by atoms with Crippen LogP contribution >= 0.6 is 11.6 Å². The second-order valence-electron chi connectivity index (χ2n) is 5.50. The van der Waals surface area contributed by atoms with Crippen LogP contribution in [0.4, 0.5) is 0 Å². The van der Waals surface area contributed by atoms with Gasteiger partial charge in [0.2, 0.25) is 0 Å². The van der Waals surface area contributed by atoms with E-state index in [9.17, 15) is 5.11 Å². The van der Waals surface area contributed by atoms with Crippen LogP contribution < -0.4 is 0 Å². The van der Waals surface area contributed by atoms with Gasteiger partial charge in [-0.1, -0.05) is 23.7 Å². The van der Waals surface area contributed by atoms with E-state index in [0.29, 0.717) is 17.6 Å². The standard InChI is InChI=1S/C17H19ClN2O/c18-15-4-1-3-14(11-15)17(21)12-20-10-2-5-16(20)13-6-8-19-9-7-13/h1,3-4,6-9,11,16-17,21H,2,5,10,12H2. The zero-order valence-electron chi connectivity index (χ0n) is 11.8. The maximum atomic E-state index is 10.5. The van der Waals surface area contributed by atoms with Crippen LogP contribution in [-0.2, 0) is 0 Å². The first-order valence-corrected chi connectivity index (χ1v) is 7.69. The Morgan fingerprint density at radius 1 is 1.29 bits per heavy atom. The molecule has 21 heavy (non-hydrogen) atoms. The molecule has 0 amide bonds. The van der Waals surface area contributed by atoms with Gasteiger partial charge in [0.15, 0.2) is 0 Å². The first-order valence-electron chi connectivity index (χ1n) is 7.31. The number of hydrogen-bond acceptors (Lipinski definition) is 3. The number of rotatable bonds is 4. The molecule has 1 aliphatic rings. The summed E-state index contributed by atoms with van der Waals surface area (Å²) in [6.45, 7) is 1.65. The fourth-order valence-electron chi connectivity index (χ4n) is 3.05. The van der Waals surface area contributed by atoms with Gasteiger partial charge in [-0.05, 0) is 54.8 Å². The molecular formula is C17H19ClN2O. The van der Waals surface area contributed by atoms with Gasteiger partial charge in [-0.15, -0.1) is 0 Å². The number of aromatic nitrogens is 1. The molecule has 2 heterocycles. The Labute approximate surface area is 130 Å². The molecule has 1 aliphatic heterocycles. The van der Waals surface area contributed by atoms with Gasteiger partial charge < -0.3 is 5.11 Å². The van der Waals surface area contributed by atoms with Crippen molar-refractivity contribution in [2.45, 2.75) is 25.0 Å². The van der Waals surface area contributed by atoms with Gasteiger partial charge in [0.05, 0.1) is 6.10 Å². The predicted molar refractivity (Wildman–Crippen MR) is 84.2 cm³/mol. The van der Waals surface area contributed by atoms with Crippen molar-refractivity contribution in [1.29, 1.82) is 0 Å². The van der Waals surface area contributed by atoms with Crippen molar-refractivity contribution in [3.63, 3.8) is 0 Å². The van der Waals surface area contributed by atoms with Crippen LogP contribution in [0.2, 0.25) is 5.02 Å². The number of halogens is 1. The van der Waals surface area contributed by atoms with Gasteiger partial charge in [0.1, 0.15) is 0 Å². The lowest BCUT2D eigenvalue weighted by atomic mass is 10.0. The lowest BCUT2D eigenvalue weighted by Crippen LogP contribution is -2.28. The minimum atomic E-state index is -0.508. The largest absolute Gasteiger partial charge is 0.387 e. The van der Waals surface area contributed by atoms with E-state index in [1.165, 1.54) is 5.56 Å². The van der Waals surface area contributed by atoms with Crippen molar-refractivity contribution in [3.8, 4) is 0 Å². The topological polar surface area (TPSA) is 36.4 Å². The van der Waals surface area contributed by atoms with Crippen LogP contribution in [0, 0.1) is 0 Å². The summed E-state index contributed by atoms with van der Waals surface area (Å²) in [4.78, 5) is 6.43. The molecule has 1 saturated heterocycles. The third kappa shape index (κ3) is 3.43. The molecule has 2 aromatic rings. The van der Waals surface area contributed by atoms with E-state index in [1.54, 1.807) is 0 Å². The Balaban J connectivity index is 1.72. The summed E-state index contributed by atoms with van der Waals surface area (Å²) in [7, 11) is 0. The molecule has 2 unspecified atom stereocenters. The number of hydrogen-bond donors (Lipinski definition) is 1. The normalized spacial score (nSPS) is 20.6. The number of nitrogens with zero attached hydrogens (tertiary/aromatic N) is 2. The molecule has 0 spiro atoms. The van der Waals surface area contributed by atoms with Crippen LogP contribution in [0.1, 0.15) is 36.1 Å². The van der Waals surface area contributed by atoms with Crippen molar-refractivity contribution >= 4 is 11.6 Å². The van der Waals surface area contributed by atoms with E-state index in [0.717, 1.165) is 24.9 Å². The lowest BCUT2D eigenvalue weighted by Gasteiger charge is -2.27. The number of β-amino-alcohol motifs (C(OH)–C–C–N with tert-alkyl or cyclic N) is 1. The zero-order chi connectivity index (χ0) is 14.7. The van der Waals surface area contributed by atoms with Crippen LogP contribution in [0.15, 0.2) is 48.8 Å². The Morgan fingerprint density at radius 3 is 2.86 bits per heavy atom. The molecule has 1 aromatic heterocycles. The average molecular weight is 303 g/mol. The predicted octanol–water partition coefficient (Wildman–Crippen LogP) is 3.61. The van der Waals surface area contributed by atoms with Crippen molar-refractivity contribution in [2.75, 3.05) is 13.1 Å². The van der Waals surface area contributed by atoms with E-state index in [2.05, 4.69) is 22.0 Å². The number of benzene rings is 1. The summed E-state index contributed by atoms with van der Waals surface area (Å²) in [5, 5.41) is 11.1. The summed E-state index contributed by atoms with van der Waals surface area (Å²) in [6.07, 6.45) is 5.45. The molecule has 0 aliphatic carbocycles. The van der Waals surface area contributed by atoms with E-state index in [-0.39, 0.29) is 0 Å². The van der Waals surface area contributed by atoms with Crippen LogP contribution in [0.25, 0.3) is 0 Å². The van der Waals surface area contributed by atoms with Crippen LogP contribution in [0.5, 0.6) is 0 Å². The highest BCUT2D eigenvalue weighted by molar-refractivity contribution is 6.30. The van der Waals surface area contributed by atoms with Crippen molar-refractivity contribution in [2.24, 2.45) is 0 Å². The third-order valence-corrected chi connectivity index (χ3v) is 4.33. The summed E-state index contributed by atoms with van der Waals surface area (Å²) < 4.78 is 0.